The van der Waals surface area contributed by atoms with Gasteiger partial charge in [0.15, 0.2) is 0 Å². The monoisotopic (exact) mass is 293 g/mol. The third kappa shape index (κ3) is 3.28. The Balaban J connectivity index is 2.04. The Morgan fingerprint density at radius 3 is 2.71 bits per heavy atom. The second-order valence-electron chi connectivity index (χ2n) is 5.06. The molecule has 21 heavy (non-hydrogen) atoms. The lowest BCUT2D eigenvalue weighted by atomic mass is 9.99. The molecule has 0 bridgehead atoms. The van der Waals surface area contributed by atoms with Crippen molar-refractivity contribution >= 4 is 23.4 Å². The minimum absolute atomic E-state index is 0.119. The number of nitro benzene ring substituents is 1. The first-order valence-electron chi connectivity index (χ1n) is 6.41. The van der Waals surface area contributed by atoms with Crippen molar-refractivity contribution in [2.24, 2.45) is 11.8 Å². The third-order valence-electron chi connectivity index (χ3n) is 3.52. The van der Waals surface area contributed by atoms with Crippen molar-refractivity contribution in [3.63, 3.8) is 0 Å². The Bertz CT molecular complexity index is 589. The summed E-state index contributed by atoms with van der Waals surface area (Å²) >= 11 is 0. The lowest BCUT2D eigenvalue weighted by Crippen LogP contribution is -2.33. The normalized spacial score (nSPS) is 21.1. The topological polar surface area (TPSA) is 113 Å². The molecule has 0 aromatic heterocycles. The summed E-state index contributed by atoms with van der Waals surface area (Å²) in [6, 6.07) is 5.14. The minimum Gasteiger partial charge on any atom is -0.481 e. The van der Waals surface area contributed by atoms with Crippen molar-refractivity contribution in [3.8, 4) is 0 Å². The Morgan fingerprint density at radius 1 is 1.43 bits per heavy atom. The maximum atomic E-state index is 12.1. The van der Waals surface area contributed by atoms with Crippen LogP contribution in [-0.2, 0) is 4.79 Å². The summed E-state index contributed by atoms with van der Waals surface area (Å²) < 4.78 is 0. The molecule has 1 aromatic rings. The van der Waals surface area contributed by atoms with Gasteiger partial charge in [-0.05, 0) is 12.0 Å². The smallest absolute Gasteiger partial charge is 0.321 e. The van der Waals surface area contributed by atoms with Gasteiger partial charge in [0.1, 0.15) is 0 Å². The molecule has 8 heteroatoms. The lowest BCUT2D eigenvalue weighted by molar-refractivity contribution is -0.384. The Hall–Kier alpha value is -2.64. The molecular formula is C13H15N3O5. The lowest BCUT2D eigenvalue weighted by Gasteiger charge is -2.16. The van der Waals surface area contributed by atoms with Gasteiger partial charge in [-0.3, -0.25) is 14.9 Å². The van der Waals surface area contributed by atoms with E-state index in [2.05, 4.69) is 5.32 Å². The van der Waals surface area contributed by atoms with Crippen LogP contribution in [-0.4, -0.2) is 40.0 Å². The summed E-state index contributed by atoms with van der Waals surface area (Å²) in [7, 11) is 0. The number of rotatable bonds is 3. The number of carbonyl (C=O) groups excluding carboxylic acids is 1. The van der Waals surface area contributed by atoms with Crippen LogP contribution in [0.2, 0.25) is 0 Å². The number of hydrogen-bond acceptors (Lipinski definition) is 4. The van der Waals surface area contributed by atoms with Gasteiger partial charge in [0.2, 0.25) is 0 Å². The van der Waals surface area contributed by atoms with Crippen LogP contribution in [0.1, 0.15) is 6.92 Å². The largest absolute Gasteiger partial charge is 0.481 e. The zero-order valence-electron chi connectivity index (χ0n) is 11.4. The second-order valence-corrected chi connectivity index (χ2v) is 5.06. The number of urea groups is 1. The molecular weight excluding hydrogens is 278 g/mol. The van der Waals surface area contributed by atoms with Crippen molar-refractivity contribution in [1.29, 1.82) is 0 Å². The maximum Gasteiger partial charge on any atom is 0.321 e. The van der Waals surface area contributed by atoms with Crippen molar-refractivity contribution < 1.29 is 19.6 Å². The summed E-state index contributed by atoms with van der Waals surface area (Å²) in [5.74, 6) is -1.63. The molecule has 0 aliphatic carbocycles. The average Bonchev–Trinajstić information content (AvgIpc) is 2.81. The first kappa shape index (κ1) is 14.8. The van der Waals surface area contributed by atoms with Crippen molar-refractivity contribution in [3.05, 3.63) is 34.4 Å². The molecule has 0 saturated carbocycles. The number of carbonyl (C=O) groups is 2. The molecule has 2 atom stereocenters. The highest BCUT2D eigenvalue weighted by Gasteiger charge is 2.36. The number of amides is 2. The van der Waals surface area contributed by atoms with Gasteiger partial charge in [-0.1, -0.05) is 13.0 Å². The number of nitrogens with one attached hydrogen (secondary N) is 1. The van der Waals surface area contributed by atoms with Gasteiger partial charge in [0.25, 0.3) is 5.69 Å². The van der Waals surface area contributed by atoms with Crippen LogP contribution in [0.15, 0.2) is 24.3 Å². The van der Waals surface area contributed by atoms with E-state index in [4.69, 9.17) is 5.11 Å². The van der Waals surface area contributed by atoms with Gasteiger partial charge in [-0.25, -0.2) is 4.79 Å². The highest BCUT2D eigenvalue weighted by Crippen LogP contribution is 2.24. The predicted octanol–water partition coefficient (Wildman–Crippen LogP) is 1.78. The summed E-state index contributed by atoms with van der Waals surface area (Å²) in [6.07, 6.45) is 0. The van der Waals surface area contributed by atoms with Crippen molar-refractivity contribution in [1.82, 2.24) is 4.90 Å². The standard InChI is InChI=1S/C13H15N3O5/c1-8-6-15(7-11(8)12(17)18)13(19)14-9-3-2-4-10(5-9)16(20)21/h2-5,8,11H,6-7H2,1H3,(H,14,19)(H,17,18). The second kappa shape index (κ2) is 5.78. The van der Waals surface area contributed by atoms with Crippen LogP contribution in [0.25, 0.3) is 0 Å². The van der Waals surface area contributed by atoms with E-state index < -0.39 is 22.8 Å². The Labute approximate surface area is 120 Å². The molecule has 2 rings (SSSR count). The number of nitrogens with zero attached hydrogens (tertiary/aromatic N) is 2. The van der Waals surface area contributed by atoms with Crippen LogP contribution >= 0.6 is 0 Å². The molecule has 1 fully saturated rings. The molecule has 1 aliphatic rings. The van der Waals surface area contributed by atoms with Gasteiger partial charge in [0, 0.05) is 30.9 Å². The SMILES string of the molecule is CC1CN(C(=O)Nc2cccc([N+](=O)[O-])c2)CC1C(=O)O. The van der Waals surface area contributed by atoms with Gasteiger partial charge in [0.05, 0.1) is 10.8 Å². The van der Waals surface area contributed by atoms with E-state index in [1.807, 2.05) is 0 Å². The van der Waals surface area contributed by atoms with E-state index in [-0.39, 0.29) is 18.2 Å². The minimum atomic E-state index is -0.923. The van der Waals surface area contributed by atoms with Gasteiger partial charge < -0.3 is 15.3 Å². The van der Waals surface area contributed by atoms with E-state index in [1.54, 1.807) is 13.0 Å². The predicted molar refractivity (Wildman–Crippen MR) is 74.0 cm³/mol. The maximum absolute atomic E-state index is 12.1. The molecule has 1 aromatic carbocycles. The van der Waals surface area contributed by atoms with E-state index in [0.29, 0.717) is 12.2 Å². The summed E-state index contributed by atoms with van der Waals surface area (Å²) in [6.45, 7) is 2.26. The molecule has 2 N–H and O–H groups in total. The van der Waals surface area contributed by atoms with E-state index in [1.165, 1.54) is 23.1 Å². The van der Waals surface area contributed by atoms with Gasteiger partial charge in [-0.15, -0.1) is 0 Å². The van der Waals surface area contributed by atoms with E-state index in [0.717, 1.165) is 0 Å². The van der Waals surface area contributed by atoms with Crippen LogP contribution in [0.4, 0.5) is 16.2 Å². The number of carboxylic acid groups (broad SMARTS) is 1. The number of hydrogen-bond donors (Lipinski definition) is 2. The zero-order valence-corrected chi connectivity index (χ0v) is 11.4. The fraction of sp³-hybridized carbons (Fsp3) is 0.385. The first-order chi connectivity index (χ1) is 9.88. The van der Waals surface area contributed by atoms with Crippen LogP contribution in [0.3, 0.4) is 0 Å². The van der Waals surface area contributed by atoms with Crippen LogP contribution < -0.4 is 5.32 Å². The molecule has 0 radical (unpaired) electrons. The first-order valence-corrected chi connectivity index (χ1v) is 6.41. The van der Waals surface area contributed by atoms with E-state index >= 15 is 0 Å². The Morgan fingerprint density at radius 2 is 2.14 bits per heavy atom. The zero-order chi connectivity index (χ0) is 15.6. The Kier molecular flexibility index (Phi) is 4.06. The molecule has 1 heterocycles. The van der Waals surface area contributed by atoms with Crippen molar-refractivity contribution in [2.75, 3.05) is 18.4 Å². The highest BCUT2D eigenvalue weighted by atomic mass is 16.6. The summed E-state index contributed by atoms with van der Waals surface area (Å²) in [5.41, 5.74) is 0.187. The van der Waals surface area contributed by atoms with Crippen LogP contribution in [0, 0.1) is 22.0 Å². The fourth-order valence-corrected chi connectivity index (χ4v) is 2.35. The fourth-order valence-electron chi connectivity index (χ4n) is 2.35. The van der Waals surface area contributed by atoms with Crippen LogP contribution in [0.5, 0.6) is 0 Å². The highest BCUT2D eigenvalue weighted by molar-refractivity contribution is 5.90. The third-order valence-corrected chi connectivity index (χ3v) is 3.52. The number of anilines is 1. The number of benzene rings is 1. The molecule has 0 spiro atoms. The number of non-ortho nitro benzene ring substituents is 1. The molecule has 2 amide bonds. The molecule has 2 unspecified atom stereocenters. The molecule has 8 nitrogen and oxygen atoms in total. The van der Waals surface area contributed by atoms with E-state index in [9.17, 15) is 19.7 Å². The quantitative estimate of drug-likeness (QED) is 0.651. The number of likely N-dealkylation sites (tertiary alicyclic amines) is 1. The summed E-state index contributed by atoms with van der Waals surface area (Å²) in [4.78, 5) is 34.6. The number of nitro groups is 1. The summed E-state index contributed by atoms with van der Waals surface area (Å²) in [5, 5.41) is 22.3. The van der Waals surface area contributed by atoms with Gasteiger partial charge >= 0.3 is 12.0 Å². The molecule has 1 aliphatic heterocycles. The van der Waals surface area contributed by atoms with Crippen molar-refractivity contribution in [2.45, 2.75) is 6.92 Å². The average molecular weight is 293 g/mol. The van der Waals surface area contributed by atoms with Gasteiger partial charge in [-0.2, -0.15) is 0 Å². The number of aliphatic carboxylic acids is 1. The number of carboxylic acids is 1. The molecule has 112 valence electrons. The molecule has 1 saturated heterocycles.